The van der Waals surface area contributed by atoms with Crippen LogP contribution in [0.5, 0.6) is 11.6 Å². The standard InChI is InChI=1S/C18H24N4O4/c1-12-17(22-14-5-8-24-10-16(14)25-9-7-23)20-11-21-18(12)26-15-4-3-6-19-13(15)2/h3-4,6,11,14,16,23H,5,7-10H2,1-2H3,(H,20,21,22)/t14-,16-/m1/s1. The van der Waals surface area contributed by atoms with E-state index in [1.54, 1.807) is 6.20 Å². The molecule has 0 saturated carbocycles. The van der Waals surface area contributed by atoms with Gasteiger partial charge in [0.25, 0.3) is 0 Å². The molecule has 26 heavy (non-hydrogen) atoms. The molecule has 2 aromatic heterocycles. The molecule has 1 aliphatic heterocycles. The summed E-state index contributed by atoms with van der Waals surface area (Å²) in [5.41, 5.74) is 1.60. The molecule has 0 unspecified atom stereocenters. The van der Waals surface area contributed by atoms with Crippen LogP contribution in [0.25, 0.3) is 0 Å². The maximum absolute atomic E-state index is 8.99. The van der Waals surface area contributed by atoms with E-state index in [9.17, 15) is 0 Å². The molecular weight excluding hydrogens is 336 g/mol. The van der Waals surface area contributed by atoms with Crippen molar-refractivity contribution in [2.24, 2.45) is 0 Å². The zero-order valence-corrected chi connectivity index (χ0v) is 15.0. The van der Waals surface area contributed by atoms with E-state index in [-0.39, 0.29) is 25.4 Å². The first-order chi connectivity index (χ1) is 12.7. The van der Waals surface area contributed by atoms with Gasteiger partial charge in [-0.15, -0.1) is 0 Å². The van der Waals surface area contributed by atoms with Gasteiger partial charge in [-0.25, -0.2) is 9.97 Å². The number of nitrogens with one attached hydrogen (secondary N) is 1. The van der Waals surface area contributed by atoms with Gasteiger partial charge in [-0.3, -0.25) is 4.98 Å². The summed E-state index contributed by atoms with van der Waals surface area (Å²) in [4.78, 5) is 12.8. The molecule has 0 amide bonds. The number of rotatable bonds is 7. The summed E-state index contributed by atoms with van der Waals surface area (Å²) in [5, 5.41) is 12.4. The van der Waals surface area contributed by atoms with Crippen molar-refractivity contribution in [1.82, 2.24) is 15.0 Å². The highest BCUT2D eigenvalue weighted by molar-refractivity contribution is 5.49. The van der Waals surface area contributed by atoms with Crippen molar-refractivity contribution in [1.29, 1.82) is 0 Å². The second-order valence-corrected chi connectivity index (χ2v) is 6.09. The molecule has 2 N–H and O–H groups in total. The molecule has 3 rings (SSSR count). The molecular formula is C18H24N4O4. The number of nitrogens with zero attached hydrogens (tertiary/aromatic N) is 3. The molecule has 2 atom stereocenters. The molecule has 0 spiro atoms. The molecule has 140 valence electrons. The zero-order chi connectivity index (χ0) is 18.4. The van der Waals surface area contributed by atoms with E-state index >= 15 is 0 Å². The van der Waals surface area contributed by atoms with Crippen LogP contribution >= 0.6 is 0 Å². The van der Waals surface area contributed by atoms with E-state index in [4.69, 9.17) is 19.3 Å². The smallest absolute Gasteiger partial charge is 0.227 e. The van der Waals surface area contributed by atoms with Crippen molar-refractivity contribution < 1.29 is 19.3 Å². The molecule has 1 aliphatic rings. The van der Waals surface area contributed by atoms with Crippen LogP contribution in [-0.2, 0) is 9.47 Å². The minimum atomic E-state index is -0.143. The van der Waals surface area contributed by atoms with E-state index in [0.717, 1.165) is 17.7 Å². The Kier molecular flexibility index (Phi) is 6.32. The van der Waals surface area contributed by atoms with Crippen molar-refractivity contribution in [3.63, 3.8) is 0 Å². The van der Waals surface area contributed by atoms with Crippen LogP contribution in [-0.4, -0.2) is 58.6 Å². The van der Waals surface area contributed by atoms with Crippen molar-refractivity contribution in [2.45, 2.75) is 32.4 Å². The number of ether oxygens (including phenoxy) is 3. The zero-order valence-electron chi connectivity index (χ0n) is 15.0. The third-order valence-electron chi connectivity index (χ3n) is 4.25. The van der Waals surface area contributed by atoms with Crippen molar-refractivity contribution in [3.05, 3.63) is 35.9 Å². The number of anilines is 1. The lowest BCUT2D eigenvalue weighted by molar-refractivity contribution is -0.0643. The van der Waals surface area contributed by atoms with Crippen LogP contribution in [0.2, 0.25) is 0 Å². The van der Waals surface area contributed by atoms with Crippen LogP contribution in [0.4, 0.5) is 5.82 Å². The first kappa shape index (κ1) is 18.5. The van der Waals surface area contributed by atoms with Gasteiger partial charge in [-0.2, -0.15) is 0 Å². The molecule has 0 aliphatic carbocycles. The molecule has 2 aromatic rings. The Labute approximate surface area is 152 Å². The van der Waals surface area contributed by atoms with Crippen molar-refractivity contribution in [3.8, 4) is 11.6 Å². The van der Waals surface area contributed by atoms with Gasteiger partial charge in [0.1, 0.15) is 18.2 Å². The Bertz CT molecular complexity index is 728. The first-order valence-electron chi connectivity index (χ1n) is 8.67. The van der Waals surface area contributed by atoms with Crippen LogP contribution in [0, 0.1) is 13.8 Å². The minimum absolute atomic E-state index is 0.0157. The molecule has 1 saturated heterocycles. The highest BCUT2D eigenvalue weighted by atomic mass is 16.5. The largest absolute Gasteiger partial charge is 0.437 e. The molecule has 8 heteroatoms. The fourth-order valence-electron chi connectivity index (χ4n) is 2.78. The first-order valence-corrected chi connectivity index (χ1v) is 8.67. The average Bonchev–Trinajstić information content (AvgIpc) is 2.66. The van der Waals surface area contributed by atoms with Gasteiger partial charge in [0.2, 0.25) is 5.88 Å². The Hall–Kier alpha value is -2.29. The van der Waals surface area contributed by atoms with Gasteiger partial charge >= 0.3 is 0 Å². The van der Waals surface area contributed by atoms with Crippen molar-refractivity contribution in [2.75, 3.05) is 31.7 Å². The quantitative estimate of drug-likeness (QED) is 0.772. The SMILES string of the molecule is Cc1ncccc1Oc1ncnc(N[C@@H]2CCOC[C@H]2OCCO)c1C. The van der Waals surface area contributed by atoms with Gasteiger partial charge in [-0.05, 0) is 32.4 Å². The van der Waals surface area contributed by atoms with Gasteiger partial charge < -0.3 is 24.6 Å². The van der Waals surface area contributed by atoms with E-state index in [2.05, 4.69) is 20.3 Å². The summed E-state index contributed by atoms with van der Waals surface area (Å²) in [5.74, 6) is 1.84. The Morgan fingerprint density at radius 2 is 2.19 bits per heavy atom. The number of aliphatic hydroxyl groups excluding tert-OH is 1. The van der Waals surface area contributed by atoms with Gasteiger partial charge in [-0.1, -0.05) is 0 Å². The summed E-state index contributed by atoms with van der Waals surface area (Å²) >= 11 is 0. The molecule has 8 nitrogen and oxygen atoms in total. The van der Waals surface area contributed by atoms with Gasteiger partial charge in [0, 0.05) is 12.8 Å². The lowest BCUT2D eigenvalue weighted by Gasteiger charge is -2.32. The predicted molar refractivity (Wildman–Crippen MR) is 95.5 cm³/mol. The topological polar surface area (TPSA) is 98.6 Å². The fourth-order valence-corrected chi connectivity index (χ4v) is 2.78. The molecule has 3 heterocycles. The summed E-state index contributed by atoms with van der Waals surface area (Å²) < 4.78 is 17.1. The number of hydrogen-bond acceptors (Lipinski definition) is 8. The minimum Gasteiger partial charge on any atom is -0.437 e. The van der Waals surface area contributed by atoms with E-state index in [0.29, 0.717) is 30.7 Å². The lowest BCUT2D eigenvalue weighted by atomic mass is 10.1. The Balaban J connectivity index is 1.75. The highest BCUT2D eigenvalue weighted by Crippen LogP contribution is 2.28. The van der Waals surface area contributed by atoms with Gasteiger partial charge in [0.15, 0.2) is 5.75 Å². The summed E-state index contributed by atoms with van der Waals surface area (Å²) in [6.45, 7) is 5.20. The maximum Gasteiger partial charge on any atom is 0.227 e. The normalized spacial score (nSPS) is 20.0. The second-order valence-electron chi connectivity index (χ2n) is 6.09. The van der Waals surface area contributed by atoms with Crippen LogP contribution in [0.3, 0.4) is 0 Å². The molecule has 1 fully saturated rings. The van der Waals surface area contributed by atoms with Crippen LogP contribution in [0.1, 0.15) is 17.7 Å². The molecule has 0 aromatic carbocycles. The monoisotopic (exact) mass is 360 g/mol. The number of aromatic nitrogens is 3. The second kappa shape index (κ2) is 8.88. The average molecular weight is 360 g/mol. The van der Waals surface area contributed by atoms with E-state index < -0.39 is 0 Å². The van der Waals surface area contributed by atoms with Crippen LogP contribution < -0.4 is 10.1 Å². The van der Waals surface area contributed by atoms with Crippen molar-refractivity contribution >= 4 is 5.82 Å². The Morgan fingerprint density at radius 1 is 1.31 bits per heavy atom. The number of aryl methyl sites for hydroxylation is 1. The van der Waals surface area contributed by atoms with Crippen LogP contribution in [0.15, 0.2) is 24.7 Å². The van der Waals surface area contributed by atoms with Gasteiger partial charge in [0.05, 0.1) is 37.1 Å². The third kappa shape index (κ3) is 4.46. The number of hydrogen-bond donors (Lipinski definition) is 2. The third-order valence-corrected chi connectivity index (χ3v) is 4.25. The van der Waals surface area contributed by atoms with E-state index in [1.807, 2.05) is 26.0 Å². The predicted octanol–water partition coefficient (Wildman–Crippen LogP) is 1.86. The molecule has 0 bridgehead atoms. The summed E-state index contributed by atoms with van der Waals surface area (Å²) in [6.07, 6.45) is 3.84. The maximum atomic E-state index is 8.99. The summed E-state index contributed by atoms with van der Waals surface area (Å²) in [7, 11) is 0. The highest BCUT2D eigenvalue weighted by Gasteiger charge is 2.27. The number of aliphatic hydroxyl groups is 1. The van der Waals surface area contributed by atoms with E-state index in [1.165, 1.54) is 6.33 Å². The molecule has 0 radical (unpaired) electrons. The fraction of sp³-hybridized carbons (Fsp3) is 0.500. The summed E-state index contributed by atoms with van der Waals surface area (Å²) in [6, 6.07) is 3.72. The number of pyridine rings is 1. The Morgan fingerprint density at radius 3 is 3.00 bits per heavy atom. The lowest BCUT2D eigenvalue weighted by Crippen LogP contribution is -2.44.